The number of rotatable bonds is 20. The molecule has 12 heteroatoms. The van der Waals surface area contributed by atoms with Crippen LogP contribution < -0.4 is 0 Å². The third-order valence-corrected chi connectivity index (χ3v) is 13.9. The van der Waals surface area contributed by atoms with Crippen LogP contribution in [0.3, 0.4) is 0 Å². The molecule has 0 saturated heterocycles. The number of hydrogen-bond acceptors (Lipinski definition) is 12. The number of ether oxygens (including phenoxy) is 4. The summed E-state index contributed by atoms with van der Waals surface area (Å²) in [7, 11) is 0. The van der Waals surface area contributed by atoms with E-state index in [0.29, 0.717) is 73.6 Å². The highest BCUT2D eigenvalue weighted by atomic mass is 16.5. The molecule has 0 unspecified atom stereocenters. The number of esters is 4. The van der Waals surface area contributed by atoms with Crippen LogP contribution in [0.5, 0.6) is 23.0 Å². The zero-order chi connectivity index (χ0) is 58.2. The fourth-order valence-electron chi connectivity index (χ4n) is 9.76. The van der Waals surface area contributed by atoms with Gasteiger partial charge in [0.05, 0.1) is 48.7 Å². The van der Waals surface area contributed by atoms with Crippen LogP contribution in [-0.4, -0.2) is 70.7 Å². The first-order valence-corrected chi connectivity index (χ1v) is 27.4. The normalized spacial score (nSPS) is 12.1. The molecule has 0 amide bonds. The van der Waals surface area contributed by atoms with Crippen LogP contribution in [0, 0.1) is 27.7 Å². The van der Waals surface area contributed by atoms with E-state index in [1.807, 2.05) is 159 Å². The van der Waals surface area contributed by atoms with Gasteiger partial charge in [-0.25, -0.2) is 19.2 Å². The SMILES string of the molecule is Cc1cc(CCCOC(=O)c2cc(C(=O)OCCCc3cc(C)cc(C(C)(C)C)c3O)c(C(=O)OCCCc3cc(C)cc(C(C)(C)C)c3O)cc2C(=O)OCCCc2cc(C)cc(C(C)(C)C)c2O)c(O)c(C(C)(C)C)c1. The number of carbonyl (C=O) groups is 4. The Hall–Kier alpha value is -6.82. The fourth-order valence-corrected chi connectivity index (χ4v) is 9.76. The standard InChI is InChI=1S/C66H86O12/c1-39-29-43(55(67)51(33-39)63(5,6)7)21-17-25-75-59(71)47-37-49(61(73)77-27-19-23-45-31-41(3)35-53(57(45)69)65(11,12)13)50(62(74)78-28-20-24-46-32-42(4)36-54(58(46)70)66(14,15)16)38-48(47)60(72)76-26-18-22-44-30-40(2)34-52(56(44)68)64(8,9)10/h29-38,67-70H,17-28H2,1-16H3. The van der Waals surface area contributed by atoms with Crippen LogP contribution in [0.15, 0.2) is 60.7 Å². The van der Waals surface area contributed by atoms with E-state index in [1.54, 1.807) is 0 Å². The molecule has 5 rings (SSSR count). The molecule has 5 aromatic rings. The Labute approximate surface area is 463 Å². The Balaban J connectivity index is 1.47. The lowest BCUT2D eigenvalue weighted by atomic mass is 9.83. The van der Waals surface area contributed by atoms with E-state index in [2.05, 4.69) is 0 Å². The van der Waals surface area contributed by atoms with Crippen LogP contribution in [0.2, 0.25) is 0 Å². The lowest BCUT2D eigenvalue weighted by molar-refractivity contribution is 0.0437. The second-order valence-electron chi connectivity index (χ2n) is 25.2. The molecule has 0 saturated carbocycles. The van der Waals surface area contributed by atoms with Gasteiger partial charge in [0.25, 0.3) is 0 Å². The van der Waals surface area contributed by atoms with Gasteiger partial charge in [0.2, 0.25) is 0 Å². The molecular weight excluding hydrogens is 985 g/mol. The van der Waals surface area contributed by atoms with Crippen LogP contribution in [0.1, 0.15) is 217 Å². The third-order valence-electron chi connectivity index (χ3n) is 13.9. The zero-order valence-electron chi connectivity index (χ0n) is 49.3. The summed E-state index contributed by atoms with van der Waals surface area (Å²) >= 11 is 0. The van der Waals surface area contributed by atoms with Crippen molar-refractivity contribution in [1.29, 1.82) is 0 Å². The Kier molecular flexibility index (Phi) is 20.1. The first-order valence-electron chi connectivity index (χ1n) is 27.4. The van der Waals surface area contributed by atoms with Crippen molar-refractivity contribution in [1.82, 2.24) is 0 Å². The molecule has 422 valence electrons. The lowest BCUT2D eigenvalue weighted by Crippen LogP contribution is -2.21. The predicted molar refractivity (Wildman–Crippen MR) is 307 cm³/mol. The van der Waals surface area contributed by atoms with Crippen LogP contribution in [0.25, 0.3) is 0 Å². The molecule has 4 N–H and O–H groups in total. The monoisotopic (exact) mass is 1070 g/mol. The Morgan fingerprint density at radius 3 is 0.667 bits per heavy atom. The average molecular weight is 1070 g/mol. The average Bonchev–Trinajstić information content (AvgIpc) is 3.35. The summed E-state index contributed by atoms with van der Waals surface area (Å²) in [6.07, 6.45) is 2.70. The van der Waals surface area contributed by atoms with Gasteiger partial charge >= 0.3 is 23.9 Å². The van der Waals surface area contributed by atoms with Gasteiger partial charge in [-0.05, 0) is 157 Å². The summed E-state index contributed by atoms with van der Waals surface area (Å²) in [6, 6.07) is 17.6. The van der Waals surface area contributed by atoms with E-state index < -0.39 is 23.9 Å². The molecular formula is C66H86O12. The zero-order valence-corrected chi connectivity index (χ0v) is 49.3. The summed E-state index contributed by atoms with van der Waals surface area (Å²) in [5.41, 5.74) is 7.20. The molecule has 0 bridgehead atoms. The molecule has 0 aromatic heterocycles. The van der Waals surface area contributed by atoms with Gasteiger partial charge in [0.15, 0.2) is 0 Å². The van der Waals surface area contributed by atoms with Crippen molar-refractivity contribution in [3.8, 4) is 23.0 Å². The summed E-state index contributed by atoms with van der Waals surface area (Å²) in [6.45, 7) is 31.5. The van der Waals surface area contributed by atoms with Gasteiger partial charge in [-0.15, -0.1) is 0 Å². The van der Waals surface area contributed by atoms with Gasteiger partial charge in [-0.2, -0.15) is 0 Å². The molecule has 0 aliphatic rings. The van der Waals surface area contributed by atoms with Crippen molar-refractivity contribution >= 4 is 23.9 Å². The van der Waals surface area contributed by atoms with E-state index in [1.165, 1.54) is 0 Å². The quantitative estimate of drug-likeness (QED) is 0.0329. The number of benzene rings is 5. The molecule has 0 spiro atoms. The maximum Gasteiger partial charge on any atom is 0.339 e. The highest BCUT2D eigenvalue weighted by molar-refractivity contribution is 6.10. The van der Waals surface area contributed by atoms with E-state index >= 15 is 0 Å². The molecule has 0 aliphatic carbocycles. The molecule has 0 atom stereocenters. The highest BCUT2D eigenvalue weighted by Crippen LogP contribution is 2.39. The van der Waals surface area contributed by atoms with Gasteiger partial charge in [-0.3, -0.25) is 0 Å². The van der Waals surface area contributed by atoms with Gasteiger partial charge < -0.3 is 39.4 Å². The number of aromatic hydroxyl groups is 4. The van der Waals surface area contributed by atoms with Crippen molar-refractivity contribution < 1.29 is 58.6 Å². The minimum Gasteiger partial charge on any atom is -0.507 e. The Bertz CT molecular complexity index is 2600. The lowest BCUT2D eigenvalue weighted by Gasteiger charge is -2.23. The van der Waals surface area contributed by atoms with Crippen LogP contribution >= 0.6 is 0 Å². The smallest absolute Gasteiger partial charge is 0.339 e. The summed E-state index contributed by atoms with van der Waals surface area (Å²) in [4.78, 5) is 57.1. The summed E-state index contributed by atoms with van der Waals surface area (Å²) in [5.74, 6) is -3.14. The van der Waals surface area contributed by atoms with E-state index in [0.717, 1.165) is 56.6 Å². The van der Waals surface area contributed by atoms with Crippen molar-refractivity contribution in [2.75, 3.05) is 26.4 Å². The molecule has 0 heterocycles. The fraction of sp³-hybridized carbons (Fsp3) is 0.485. The maximum absolute atomic E-state index is 14.3. The predicted octanol–water partition coefficient (Wildman–Crippen LogP) is 14.1. The van der Waals surface area contributed by atoms with Gasteiger partial charge in [0, 0.05) is 0 Å². The number of aryl methyl sites for hydroxylation is 8. The molecule has 12 nitrogen and oxygen atoms in total. The molecule has 0 radical (unpaired) electrons. The van der Waals surface area contributed by atoms with Crippen molar-refractivity contribution in [3.05, 3.63) is 150 Å². The molecule has 5 aromatic carbocycles. The molecule has 0 fully saturated rings. The van der Waals surface area contributed by atoms with E-state index in [9.17, 15) is 39.6 Å². The number of phenols is 4. The van der Waals surface area contributed by atoms with Gasteiger partial charge in [0.1, 0.15) is 23.0 Å². The van der Waals surface area contributed by atoms with Crippen molar-refractivity contribution in [2.45, 2.75) is 184 Å². The largest absolute Gasteiger partial charge is 0.507 e. The summed E-state index contributed by atoms with van der Waals surface area (Å²) < 4.78 is 23.2. The molecule has 0 aliphatic heterocycles. The first kappa shape index (κ1) is 62.0. The van der Waals surface area contributed by atoms with Gasteiger partial charge in [-0.1, -0.05) is 154 Å². The van der Waals surface area contributed by atoms with Crippen LogP contribution in [0.4, 0.5) is 0 Å². The number of carbonyl (C=O) groups excluding carboxylic acids is 4. The number of hydrogen-bond donors (Lipinski definition) is 4. The van der Waals surface area contributed by atoms with E-state index in [-0.39, 0.29) is 93.3 Å². The Morgan fingerprint density at radius 1 is 0.321 bits per heavy atom. The van der Waals surface area contributed by atoms with E-state index in [4.69, 9.17) is 18.9 Å². The maximum atomic E-state index is 14.3. The third kappa shape index (κ3) is 16.1. The second kappa shape index (κ2) is 25.3. The second-order valence-corrected chi connectivity index (χ2v) is 25.2. The topological polar surface area (TPSA) is 186 Å². The minimum absolute atomic E-state index is 0.123. The minimum atomic E-state index is -0.962. The highest BCUT2D eigenvalue weighted by Gasteiger charge is 2.31. The number of phenolic OH excluding ortho intramolecular Hbond substituents is 4. The Morgan fingerprint density at radius 2 is 0.500 bits per heavy atom. The molecule has 78 heavy (non-hydrogen) atoms. The first-order chi connectivity index (χ1) is 36.2. The van der Waals surface area contributed by atoms with Crippen molar-refractivity contribution in [3.63, 3.8) is 0 Å². The van der Waals surface area contributed by atoms with Crippen LogP contribution in [-0.2, 0) is 66.3 Å². The summed E-state index contributed by atoms with van der Waals surface area (Å²) in [5, 5.41) is 44.8. The van der Waals surface area contributed by atoms with Crippen molar-refractivity contribution in [2.24, 2.45) is 0 Å².